The predicted molar refractivity (Wildman–Crippen MR) is 138 cm³/mol. The number of rotatable bonds is 7. The molecule has 0 saturated carbocycles. The molecule has 2 unspecified atom stereocenters. The molecule has 1 aromatic heterocycles. The topological polar surface area (TPSA) is 107 Å². The van der Waals surface area contributed by atoms with Crippen molar-refractivity contribution in [2.75, 3.05) is 38.2 Å². The Morgan fingerprint density at radius 1 is 1.17 bits per heavy atom. The Balaban J connectivity index is 1.41. The summed E-state index contributed by atoms with van der Waals surface area (Å²) < 4.78 is 34.0. The van der Waals surface area contributed by atoms with Crippen LogP contribution in [0.15, 0.2) is 46.9 Å². The monoisotopic (exact) mass is 511 g/mol. The molecule has 0 amide bonds. The molecule has 36 heavy (non-hydrogen) atoms. The number of hydrazine groups is 1. The summed E-state index contributed by atoms with van der Waals surface area (Å²) in [6.07, 6.45) is -0.212. The summed E-state index contributed by atoms with van der Waals surface area (Å²) in [5.41, 5.74) is 3.62. The second-order valence-electron chi connectivity index (χ2n) is 8.64. The number of carbonyl (C=O) groups is 1. The average Bonchev–Trinajstić information content (AvgIpc) is 3.17. The molecule has 4 rings (SSSR count). The zero-order valence-corrected chi connectivity index (χ0v) is 21.2. The third-order valence-corrected chi connectivity index (χ3v) is 7.15. The van der Waals surface area contributed by atoms with Gasteiger partial charge >= 0.3 is 5.97 Å². The van der Waals surface area contributed by atoms with Crippen molar-refractivity contribution in [2.45, 2.75) is 26.3 Å². The molecule has 0 aliphatic carbocycles. The lowest BCUT2D eigenvalue weighted by Crippen LogP contribution is -2.57. The summed E-state index contributed by atoms with van der Waals surface area (Å²) in [6, 6.07) is 13.1. The zero-order chi connectivity index (χ0) is 25.8. The average molecular weight is 512 g/mol. The van der Waals surface area contributed by atoms with Crippen molar-refractivity contribution in [1.82, 2.24) is 9.42 Å². The minimum atomic E-state index is -2.29. The van der Waals surface area contributed by atoms with Crippen molar-refractivity contribution in [3.8, 4) is 17.6 Å². The molecule has 2 aromatic carbocycles. The molecule has 190 valence electrons. The van der Waals surface area contributed by atoms with Gasteiger partial charge < -0.3 is 19.2 Å². The second kappa shape index (κ2) is 11.1. The van der Waals surface area contributed by atoms with Crippen LogP contribution in [-0.4, -0.2) is 68.6 Å². The maximum Gasteiger partial charge on any atom is 0.305 e. The van der Waals surface area contributed by atoms with Gasteiger partial charge in [0.25, 0.3) is 0 Å². The highest BCUT2D eigenvalue weighted by molar-refractivity contribution is 7.76. The van der Waals surface area contributed by atoms with Crippen LogP contribution in [0.1, 0.15) is 30.2 Å². The van der Waals surface area contributed by atoms with Crippen molar-refractivity contribution in [2.24, 2.45) is 0 Å². The van der Waals surface area contributed by atoms with Crippen molar-refractivity contribution in [3.05, 3.63) is 59.4 Å². The van der Waals surface area contributed by atoms with E-state index in [1.54, 1.807) is 19.0 Å². The van der Waals surface area contributed by atoms with Crippen LogP contribution in [0, 0.1) is 18.8 Å². The fourth-order valence-electron chi connectivity index (χ4n) is 4.35. The molecule has 0 bridgehead atoms. The molecule has 10 heteroatoms. The number of hydrogen-bond acceptors (Lipinski definition) is 6. The fourth-order valence-corrected chi connectivity index (χ4v) is 5.09. The summed E-state index contributed by atoms with van der Waals surface area (Å²) in [6.45, 7) is 5.92. The van der Waals surface area contributed by atoms with Crippen LogP contribution in [0.3, 0.4) is 0 Å². The number of hydrogen-bond donors (Lipinski definition) is 2. The van der Waals surface area contributed by atoms with Gasteiger partial charge in [-0.05, 0) is 56.2 Å². The fraction of sp³-hybridized carbons (Fsp3) is 0.346. The van der Waals surface area contributed by atoms with E-state index in [-0.39, 0.29) is 6.42 Å². The quantitative estimate of drug-likeness (QED) is 0.367. The number of aryl methyl sites for hydroxylation is 1. The van der Waals surface area contributed by atoms with Gasteiger partial charge in [0.05, 0.1) is 13.5 Å². The highest BCUT2D eigenvalue weighted by Crippen LogP contribution is 2.28. The number of nitrogens with zero attached hydrogens (tertiary/aromatic N) is 3. The molecule has 9 nitrogen and oxygen atoms in total. The van der Waals surface area contributed by atoms with Crippen LogP contribution in [0.2, 0.25) is 0 Å². The second-order valence-corrected chi connectivity index (χ2v) is 9.47. The summed E-state index contributed by atoms with van der Waals surface area (Å²) in [7, 11) is 1.62. The molecular formula is C26H29N3O6S. The highest BCUT2D eigenvalue weighted by Gasteiger charge is 2.30. The molecule has 2 N–H and O–H groups in total. The van der Waals surface area contributed by atoms with Crippen LogP contribution in [0.5, 0.6) is 5.75 Å². The van der Waals surface area contributed by atoms with E-state index in [0.29, 0.717) is 31.9 Å². The number of anilines is 1. The molecule has 0 radical (unpaired) electrons. The highest BCUT2D eigenvalue weighted by atomic mass is 32.2. The molecule has 0 spiro atoms. The number of furan rings is 1. The molecular weight excluding hydrogens is 482 g/mol. The summed E-state index contributed by atoms with van der Waals surface area (Å²) in [5, 5.41) is 11.8. The first kappa shape index (κ1) is 25.7. The summed E-state index contributed by atoms with van der Waals surface area (Å²) in [5.74, 6) is 6.65. The van der Waals surface area contributed by atoms with Gasteiger partial charge in [-0.1, -0.05) is 5.92 Å². The minimum Gasteiger partial charge on any atom is -0.497 e. The van der Waals surface area contributed by atoms with E-state index in [1.165, 1.54) is 4.41 Å². The number of fused-ring (bicyclic) bond motifs is 1. The summed E-state index contributed by atoms with van der Waals surface area (Å²) >= 11 is -2.29. The van der Waals surface area contributed by atoms with Gasteiger partial charge in [0, 0.05) is 60.5 Å². The maximum absolute atomic E-state index is 11.8. The van der Waals surface area contributed by atoms with Crippen molar-refractivity contribution >= 4 is 33.9 Å². The van der Waals surface area contributed by atoms with E-state index >= 15 is 0 Å². The van der Waals surface area contributed by atoms with E-state index in [9.17, 15) is 13.6 Å². The van der Waals surface area contributed by atoms with Crippen LogP contribution < -0.4 is 9.64 Å². The standard InChI is InChI=1S/C26H29N3O6S/c1-18(16-26(30)31)29(36(32)33)28-14-12-27(13-15-28)21-7-4-20(5-8-21)6-11-24-19(2)23-10-9-22(34-3)17-25(23)35-24/h4-5,7-10,17-18H,12-16H2,1-3H3,(H,30,31)(H,32,33). The van der Waals surface area contributed by atoms with Crippen molar-refractivity contribution in [3.63, 3.8) is 0 Å². The van der Waals surface area contributed by atoms with Crippen LogP contribution in [0.4, 0.5) is 5.69 Å². The van der Waals surface area contributed by atoms with Gasteiger partial charge in [0.2, 0.25) is 11.3 Å². The largest absolute Gasteiger partial charge is 0.497 e. The number of piperazine rings is 1. The normalized spacial score (nSPS) is 16.0. The van der Waals surface area contributed by atoms with E-state index in [0.717, 1.165) is 33.5 Å². The zero-order valence-electron chi connectivity index (χ0n) is 20.4. The third kappa shape index (κ3) is 5.71. The van der Waals surface area contributed by atoms with Gasteiger partial charge in [0.15, 0.2) is 5.76 Å². The lowest BCUT2D eigenvalue weighted by molar-refractivity contribution is -0.139. The molecule has 1 aliphatic heterocycles. The van der Waals surface area contributed by atoms with Gasteiger partial charge in [-0.25, -0.2) is 9.22 Å². The molecule has 1 fully saturated rings. The Morgan fingerprint density at radius 3 is 2.47 bits per heavy atom. The Labute approximate surface area is 212 Å². The maximum atomic E-state index is 11.8. The van der Waals surface area contributed by atoms with Crippen molar-refractivity contribution in [1.29, 1.82) is 0 Å². The molecule has 3 aromatic rings. The molecule has 1 aliphatic rings. The lowest BCUT2D eigenvalue weighted by atomic mass is 10.1. The first-order chi connectivity index (χ1) is 17.3. The van der Waals surface area contributed by atoms with E-state index in [4.69, 9.17) is 14.3 Å². The van der Waals surface area contributed by atoms with E-state index in [1.807, 2.05) is 49.4 Å². The Morgan fingerprint density at radius 2 is 1.86 bits per heavy atom. The first-order valence-corrected chi connectivity index (χ1v) is 12.6. The van der Waals surface area contributed by atoms with Crippen LogP contribution in [-0.2, 0) is 16.1 Å². The number of methoxy groups -OCH3 is 1. The molecule has 2 heterocycles. The number of benzene rings is 2. The number of carboxylic acid groups (broad SMARTS) is 1. The summed E-state index contributed by atoms with van der Waals surface area (Å²) in [4.78, 5) is 13.2. The first-order valence-electron chi connectivity index (χ1n) is 11.6. The van der Waals surface area contributed by atoms with Crippen LogP contribution in [0.25, 0.3) is 11.0 Å². The number of ether oxygens (including phenoxy) is 1. The van der Waals surface area contributed by atoms with E-state index < -0.39 is 23.3 Å². The lowest BCUT2D eigenvalue weighted by Gasteiger charge is -2.41. The minimum absolute atomic E-state index is 0.212. The Bertz CT molecular complexity index is 1320. The SMILES string of the molecule is COc1ccc2c(C)c(C#Cc3ccc(N4CCN(N(C(C)CC(=O)O)S(=O)O)CC4)cc3)oc2c1. The van der Waals surface area contributed by atoms with Gasteiger partial charge in [-0.15, -0.1) is 4.41 Å². The number of carboxylic acids is 1. The Hall–Kier alpha value is -3.36. The van der Waals surface area contributed by atoms with Gasteiger partial charge in [0.1, 0.15) is 11.3 Å². The smallest absolute Gasteiger partial charge is 0.305 e. The van der Waals surface area contributed by atoms with Crippen LogP contribution >= 0.6 is 0 Å². The van der Waals surface area contributed by atoms with Gasteiger partial charge in [-0.3, -0.25) is 9.35 Å². The number of aliphatic carboxylic acids is 1. The van der Waals surface area contributed by atoms with Crippen molar-refractivity contribution < 1.29 is 27.8 Å². The van der Waals surface area contributed by atoms with E-state index in [2.05, 4.69) is 16.7 Å². The van der Waals surface area contributed by atoms with Gasteiger partial charge in [-0.2, -0.15) is 0 Å². The molecule has 2 atom stereocenters. The third-order valence-electron chi connectivity index (χ3n) is 6.24. The molecule has 1 saturated heterocycles. The Kier molecular flexibility index (Phi) is 7.96. The predicted octanol–water partition coefficient (Wildman–Crippen LogP) is 3.49.